The third-order valence-electron chi connectivity index (χ3n) is 4.39. The number of hydrogen-bond donors (Lipinski definition) is 2. The number of carbonyl (C=O) groups is 2. The van der Waals surface area contributed by atoms with E-state index in [2.05, 4.69) is 15.5 Å². The Labute approximate surface area is 141 Å². The normalized spacial score (nSPS) is 20.9. The molecule has 1 aliphatic carbocycles. The lowest BCUT2D eigenvalue weighted by atomic mass is 9.69. The SMILES string of the molecule is CNC(=O)c1ccnc(C2CCC2/C(C)=N/OC(C)(C)C(=O)O)c1. The molecule has 0 aliphatic heterocycles. The van der Waals surface area contributed by atoms with E-state index in [-0.39, 0.29) is 17.7 Å². The van der Waals surface area contributed by atoms with Gasteiger partial charge >= 0.3 is 5.97 Å². The highest BCUT2D eigenvalue weighted by Crippen LogP contribution is 2.42. The van der Waals surface area contributed by atoms with Crippen LogP contribution in [0.3, 0.4) is 0 Å². The van der Waals surface area contributed by atoms with Crippen LogP contribution in [0.1, 0.15) is 55.6 Å². The van der Waals surface area contributed by atoms with Gasteiger partial charge in [0.05, 0.1) is 5.71 Å². The molecular weight excluding hydrogens is 310 g/mol. The Morgan fingerprint density at radius 3 is 2.67 bits per heavy atom. The van der Waals surface area contributed by atoms with Gasteiger partial charge in [0.2, 0.25) is 5.60 Å². The largest absolute Gasteiger partial charge is 0.478 e. The number of carboxylic acids is 1. The van der Waals surface area contributed by atoms with Gasteiger partial charge in [-0.2, -0.15) is 0 Å². The summed E-state index contributed by atoms with van der Waals surface area (Å²) in [6, 6.07) is 3.47. The van der Waals surface area contributed by atoms with Crippen LogP contribution in [-0.2, 0) is 9.63 Å². The van der Waals surface area contributed by atoms with Crippen LogP contribution >= 0.6 is 0 Å². The van der Waals surface area contributed by atoms with E-state index >= 15 is 0 Å². The van der Waals surface area contributed by atoms with Crippen molar-refractivity contribution in [2.24, 2.45) is 11.1 Å². The molecule has 2 unspecified atom stereocenters. The molecule has 0 saturated heterocycles. The molecule has 0 aromatic carbocycles. The van der Waals surface area contributed by atoms with Gasteiger partial charge in [0, 0.05) is 36.3 Å². The number of nitrogens with one attached hydrogen (secondary N) is 1. The zero-order chi connectivity index (χ0) is 17.9. The molecule has 0 spiro atoms. The molecule has 2 atom stereocenters. The molecule has 2 rings (SSSR count). The number of pyridine rings is 1. The van der Waals surface area contributed by atoms with E-state index in [0.29, 0.717) is 5.56 Å². The minimum Gasteiger partial charge on any atom is -0.478 e. The van der Waals surface area contributed by atoms with Crippen LogP contribution in [0.25, 0.3) is 0 Å². The predicted molar refractivity (Wildman–Crippen MR) is 89.0 cm³/mol. The van der Waals surface area contributed by atoms with Crippen molar-refractivity contribution in [1.29, 1.82) is 0 Å². The zero-order valence-corrected chi connectivity index (χ0v) is 14.4. The fourth-order valence-corrected chi connectivity index (χ4v) is 2.58. The van der Waals surface area contributed by atoms with Gasteiger partial charge in [0.25, 0.3) is 5.91 Å². The fourth-order valence-electron chi connectivity index (χ4n) is 2.58. The second-order valence-corrected chi connectivity index (χ2v) is 6.48. The van der Waals surface area contributed by atoms with Gasteiger partial charge < -0.3 is 15.3 Å². The summed E-state index contributed by atoms with van der Waals surface area (Å²) in [7, 11) is 1.59. The van der Waals surface area contributed by atoms with Crippen LogP contribution in [0.4, 0.5) is 0 Å². The molecule has 1 fully saturated rings. The Kier molecular flexibility index (Phi) is 5.21. The van der Waals surface area contributed by atoms with Gasteiger partial charge in [-0.05, 0) is 45.7 Å². The summed E-state index contributed by atoms with van der Waals surface area (Å²) in [6.45, 7) is 4.74. The molecule has 24 heavy (non-hydrogen) atoms. The summed E-state index contributed by atoms with van der Waals surface area (Å²) in [6.07, 6.45) is 3.51. The number of amides is 1. The highest BCUT2D eigenvalue weighted by atomic mass is 16.7. The highest BCUT2D eigenvalue weighted by Gasteiger charge is 2.37. The average molecular weight is 333 g/mol. The first-order valence-corrected chi connectivity index (χ1v) is 7.90. The number of aliphatic carboxylic acids is 1. The molecule has 2 N–H and O–H groups in total. The number of carboxylic acid groups (broad SMARTS) is 1. The van der Waals surface area contributed by atoms with Crippen molar-refractivity contribution >= 4 is 17.6 Å². The van der Waals surface area contributed by atoms with Crippen LogP contribution in [0.5, 0.6) is 0 Å². The van der Waals surface area contributed by atoms with Crippen molar-refractivity contribution in [2.75, 3.05) is 7.05 Å². The van der Waals surface area contributed by atoms with Gasteiger partial charge in [0.15, 0.2) is 0 Å². The summed E-state index contributed by atoms with van der Waals surface area (Å²) in [4.78, 5) is 32.4. The first-order valence-electron chi connectivity index (χ1n) is 7.90. The van der Waals surface area contributed by atoms with Crippen LogP contribution in [0.15, 0.2) is 23.5 Å². The van der Waals surface area contributed by atoms with Crippen molar-refractivity contribution < 1.29 is 19.5 Å². The van der Waals surface area contributed by atoms with Gasteiger partial charge in [-0.25, -0.2) is 4.79 Å². The second-order valence-electron chi connectivity index (χ2n) is 6.48. The smallest absolute Gasteiger partial charge is 0.350 e. The molecule has 0 bridgehead atoms. The number of rotatable bonds is 6. The van der Waals surface area contributed by atoms with Crippen LogP contribution in [-0.4, -0.2) is 40.3 Å². The molecule has 130 valence electrons. The van der Waals surface area contributed by atoms with Crippen molar-refractivity contribution in [3.63, 3.8) is 0 Å². The van der Waals surface area contributed by atoms with E-state index in [1.54, 1.807) is 25.4 Å². The number of aromatic nitrogens is 1. The molecule has 1 saturated carbocycles. The molecule has 1 heterocycles. The number of hydrogen-bond acceptors (Lipinski definition) is 5. The third-order valence-corrected chi connectivity index (χ3v) is 4.39. The van der Waals surface area contributed by atoms with E-state index in [4.69, 9.17) is 9.94 Å². The number of nitrogens with zero attached hydrogens (tertiary/aromatic N) is 2. The van der Waals surface area contributed by atoms with Crippen LogP contribution < -0.4 is 5.32 Å². The molecule has 7 heteroatoms. The average Bonchev–Trinajstić information content (AvgIpc) is 2.51. The minimum atomic E-state index is -1.36. The molecule has 1 aliphatic rings. The van der Waals surface area contributed by atoms with Crippen molar-refractivity contribution in [3.05, 3.63) is 29.6 Å². The fraction of sp³-hybridized carbons (Fsp3) is 0.529. The van der Waals surface area contributed by atoms with Gasteiger partial charge in [-0.1, -0.05) is 5.16 Å². The summed E-state index contributed by atoms with van der Waals surface area (Å²) in [5, 5.41) is 15.7. The Morgan fingerprint density at radius 1 is 1.42 bits per heavy atom. The Hall–Kier alpha value is -2.44. The number of carbonyl (C=O) groups excluding carboxylic acids is 1. The number of oxime groups is 1. The molecular formula is C17H23N3O4. The maximum atomic E-state index is 11.7. The molecule has 1 aromatic rings. The van der Waals surface area contributed by atoms with E-state index in [0.717, 1.165) is 24.2 Å². The second kappa shape index (κ2) is 6.98. The van der Waals surface area contributed by atoms with Gasteiger partial charge in [-0.15, -0.1) is 0 Å². The zero-order valence-electron chi connectivity index (χ0n) is 14.4. The standard InChI is InChI=1S/C17H23N3O4/c1-10(20-24-17(2,3)16(22)23)12-5-6-13(12)14-9-11(7-8-19-14)15(21)18-4/h7-9,12-13H,5-6H2,1-4H3,(H,18,21)(H,22,23)/b20-10+. The highest BCUT2D eigenvalue weighted by molar-refractivity contribution is 5.94. The lowest BCUT2D eigenvalue weighted by Crippen LogP contribution is -2.35. The Bertz CT molecular complexity index is 670. The summed E-state index contributed by atoms with van der Waals surface area (Å²) in [5.74, 6) is -0.910. The maximum Gasteiger partial charge on any atom is 0.350 e. The van der Waals surface area contributed by atoms with Crippen molar-refractivity contribution in [1.82, 2.24) is 10.3 Å². The Morgan fingerprint density at radius 2 is 2.12 bits per heavy atom. The Balaban J connectivity index is 2.12. The maximum absolute atomic E-state index is 11.7. The molecule has 1 aromatic heterocycles. The summed E-state index contributed by atoms with van der Waals surface area (Å²) >= 11 is 0. The van der Waals surface area contributed by atoms with Crippen LogP contribution in [0, 0.1) is 5.92 Å². The third kappa shape index (κ3) is 3.72. The summed E-state index contributed by atoms with van der Waals surface area (Å²) in [5.41, 5.74) is 0.802. The van der Waals surface area contributed by atoms with Crippen molar-refractivity contribution in [3.8, 4) is 0 Å². The quantitative estimate of drug-likeness (QED) is 0.614. The lowest BCUT2D eigenvalue weighted by Gasteiger charge is -2.36. The van der Waals surface area contributed by atoms with E-state index in [1.807, 2.05) is 6.92 Å². The first kappa shape index (κ1) is 17.9. The van der Waals surface area contributed by atoms with Gasteiger partial charge in [-0.3, -0.25) is 9.78 Å². The topological polar surface area (TPSA) is 101 Å². The molecule has 7 nitrogen and oxygen atoms in total. The van der Waals surface area contributed by atoms with E-state index in [9.17, 15) is 9.59 Å². The first-order chi connectivity index (χ1) is 11.3. The summed E-state index contributed by atoms with van der Waals surface area (Å²) < 4.78 is 0. The van der Waals surface area contributed by atoms with Crippen LogP contribution in [0.2, 0.25) is 0 Å². The lowest BCUT2D eigenvalue weighted by molar-refractivity contribution is -0.161. The molecule has 1 amide bonds. The van der Waals surface area contributed by atoms with E-state index in [1.165, 1.54) is 13.8 Å². The molecule has 0 radical (unpaired) electrons. The monoisotopic (exact) mass is 333 g/mol. The van der Waals surface area contributed by atoms with E-state index < -0.39 is 11.6 Å². The van der Waals surface area contributed by atoms with Crippen molar-refractivity contribution in [2.45, 2.75) is 45.1 Å². The predicted octanol–water partition coefficient (Wildman–Crippen LogP) is 2.19. The van der Waals surface area contributed by atoms with Gasteiger partial charge in [0.1, 0.15) is 0 Å². The minimum absolute atomic E-state index is 0.141.